The highest BCUT2D eigenvalue weighted by Gasteiger charge is 2.31. The van der Waals surface area contributed by atoms with E-state index in [1.807, 2.05) is 17.9 Å². The summed E-state index contributed by atoms with van der Waals surface area (Å²) in [5.41, 5.74) is -0.0621. The molecule has 0 bridgehead atoms. The number of nitrogens with one attached hydrogen (secondary N) is 1. The fourth-order valence-corrected chi connectivity index (χ4v) is 1.70. The normalized spacial score (nSPS) is 21.5. The highest BCUT2D eigenvalue weighted by atomic mass is 16.2. The van der Waals surface area contributed by atoms with Crippen molar-refractivity contribution >= 4 is 5.91 Å². The molecule has 0 radical (unpaired) electrons. The molecule has 1 aliphatic rings. The Bertz CT molecular complexity index is 233. The number of rotatable bonds is 2. The van der Waals surface area contributed by atoms with Gasteiger partial charge in [0.05, 0.1) is 5.54 Å². The first-order valence-corrected chi connectivity index (χ1v) is 5.27. The van der Waals surface area contributed by atoms with Crippen molar-refractivity contribution in [1.82, 2.24) is 10.2 Å². The van der Waals surface area contributed by atoms with E-state index >= 15 is 0 Å². The standard InChI is InChI=1S/C11H20N2O/c1-4-5-6-10(14)13-8-7-12-9-11(13,2)3/h5-6,12H,4,7-9H2,1-3H3/b6-5+. The number of hydrogen-bond donors (Lipinski definition) is 1. The van der Waals surface area contributed by atoms with Crippen molar-refractivity contribution in [2.75, 3.05) is 19.6 Å². The predicted molar refractivity (Wildman–Crippen MR) is 58.1 cm³/mol. The summed E-state index contributed by atoms with van der Waals surface area (Å²) in [6, 6.07) is 0. The number of carbonyl (C=O) groups excluding carboxylic acids is 1. The molecule has 0 aromatic carbocycles. The Balaban J connectivity index is 2.65. The molecule has 0 atom stereocenters. The van der Waals surface area contributed by atoms with E-state index in [-0.39, 0.29) is 11.4 Å². The highest BCUT2D eigenvalue weighted by molar-refractivity contribution is 5.88. The van der Waals surface area contributed by atoms with Crippen molar-refractivity contribution in [2.24, 2.45) is 0 Å². The minimum absolute atomic E-state index is 0.0621. The molecule has 1 amide bonds. The SMILES string of the molecule is CC/C=C/C(=O)N1CCNCC1(C)C. The molecule has 0 aromatic heterocycles. The first kappa shape index (κ1) is 11.2. The molecule has 1 aliphatic heterocycles. The molecular formula is C11H20N2O. The summed E-state index contributed by atoms with van der Waals surface area (Å²) < 4.78 is 0. The highest BCUT2D eigenvalue weighted by Crippen LogP contribution is 2.16. The average molecular weight is 196 g/mol. The van der Waals surface area contributed by atoms with Crippen LogP contribution >= 0.6 is 0 Å². The fourth-order valence-electron chi connectivity index (χ4n) is 1.70. The lowest BCUT2D eigenvalue weighted by Gasteiger charge is -2.42. The smallest absolute Gasteiger partial charge is 0.246 e. The summed E-state index contributed by atoms with van der Waals surface area (Å²) in [7, 11) is 0. The summed E-state index contributed by atoms with van der Waals surface area (Å²) in [4.78, 5) is 13.7. The van der Waals surface area contributed by atoms with Crippen LogP contribution in [-0.2, 0) is 4.79 Å². The minimum Gasteiger partial charge on any atom is -0.332 e. The number of allylic oxidation sites excluding steroid dienone is 1. The van der Waals surface area contributed by atoms with Crippen molar-refractivity contribution in [1.29, 1.82) is 0 Å². The van der Waals surface area contributed by atoms with Crippen LogP contribution in [0.4, 0.5) is 0 Å². The number of amides is 1. The van der Waals surface area contributed by atoms with Crippen LogP contribution in [0.5, 0.6) is 0 Å². The molecule has 0 aliphatic carbocycles. The topological polar surface area (TPSA) is 32.3 Å². The third kappa shape index (κ3) is 2.58. The number of hydrogen-bond acceptors (Lipinski definition) is 2. The Morgan fingerprint density at radius 2 is 2.29 bits per heavy atom. The van der Waals surface area contributed by atoms with E-state index in [2.05, 4.69) is 19.2 Å². The summed E-state index contributed by atoms with van der Waals surface area (Å²) in [5.74, 6) is 0.137. The van der Waals surface area contributed by atoms with E-state index < -0.39 is 0 Å². The van der Waals surface area contributed by atoms with Crippen LogP contribution in [0.2, 0.25) is 0 Å². The largest absolute Gasteiger partial charge is 0.332 e. The first-order chi connectivity index (χ1) is 6.58. The lowest BCUT2D eigenvalue weighted by atomic mass is 10.00. The Labute approximate surface area is 86.2 Å². The van der Waals surface area contributed by atoms with Gasteiger partial charge in [-0.3, -0.25) is 4.79 Å². The van der Waals surface area contributed by atoms with Gasteiger partial charge < -0.3 is 10.2 Å². The predicted octanol–water partition coefficient (Wildman–Crippen LogP) is 1.16. The van der Waals surface area contributed by atoms with Crippen LogP contribution < -0.4 is 5.32 Å². The first-order valence-electron chi connectivity index (χ1n) is 5.27. The van der Waals surface area contributed by atoms with Gasteiger partial charge in [-0.25, -0.2) is 0 Å². The Morgan fingerprint density at radius 3 is 2.86 bits per heavy atom. The maximum absolute atomic E-state index is 11.8. The van der Waals surface area contributed by atoms with Crippen molar-refractivity contribution in [2.45, 2.75) is 32.7 Å². The van der Waals surface area contributed by atoms with Crippen LogP contribution in [0.3, 0.4) is 0 Å². The molecule has 1 N–H and O–H groups in total. The number of carbonyl (C=O) groups is 1. The van der Waals surface area contributed by atoms with Gasteiger partial charge in [-0.1, -0.05) is 13.0 Å². The lowest BCUT2D eigenvalue weighted by molar-refractivity contribution is -0.132. The molecule has 3 nitrogen and oxygen atoms in total. The van der Waals surface area contributed by atoms with E-state index in [0.29, 0.717) is 0 Å². The molecule has 0 spiro atoms. The molecule has 1 rings (SSSR count). The lowest BCUT2D eigenvalue weighted by Crippen LogP contribution is -2.59. The molecule has 1 heterocycles. The Kier molecular flexibility index (Phi) is 3.69. The second-order valence-electron chi connectivity index (χ2n) is 4.29. The van der Waals surface area contributed by atoms with Gasteiger partial charge in [-0.05, 0) is 26.3 Å². The van der Waals surface area contributed by atoms with Gasteiger partial charge in [0.2, 0.25) is 5.91 Å². The van der Waals surface area contributed by atoms with Crippen LogP contribution in [-0.4, -0.2) is 36.0 Å². The van der Waals surface area contributed by atoms with Crippen molar-refractivity contribution in [3.05, 3.63) is 12.2 Å². The molecule has 1 fully saturated rings. The summed E-state index contributed by atoms with van der Waals surface area (Å²) in [5, 5.41) is 3.30. The third-order valence-electron chi connectivity index (χ3n) is 2.56. The van der Waals surface area contributed by atoms with E-state index in [0.717, 1.165) is 26.1 Å². The van der Waals surface area contributed by atoms with Crippen LogP contribution in [0.25, 0.3) is 0 Å². The van der Waals surface area contributed by atoms with Gasteiger partial charge in [0.15, 0.2) is 0 Å². The van der Waals surface area contributed by atoms with Crippen molar-refractivity contribution in [3.8, 4) is 0 Å². The quantitative estimate of drug-likeness (QED) is 0.672. The van der Waals surface area contributed by atoms with Crippen molar-refractivity contribution in [3.63, 3.8) is 0 Å². The second-order valence-corrected chi connectivity index (χ2v) is 4.29. The maximum atomic E-state index is 11.8. The van der Waals surface area contributed by atoms with Gasteiger partial charge in [0, 0.05) is 19.6 Å². The molecule has 14 heavy (non-hydrogen) atoms. The van der Waals surface area contributed by atoms with Gasteiger partial charge in [0.25, 0.3) is 0 Å². The molecule has 0 unspecified atom stereocenters. The fraction of sp³-hybridized carbons (Fsp3) is 0.727. The van der Waals surface area contributed by atoms with Gasteiger partial charge in [-0.2, -0.15) is 0 Å². The second kappa shape index (κ2) is 4.60. The molecule has 0 saturated carbocycles. The third-order valence-corrected chi connectivity index (χ3v) is 2.56. The monoisotopic (exact) mass is 196 g/mol. The molecule has 1 saturated heterocycles. The summed E-state index contributed by atoms with van der Waals surface area (Å²) >= 11 is 0. The van der Waals surface area contributed by atoms with Crippen LogP contribution in [0.1, 0.15) is 27.2 Å². The Hall–Kier alpha value is -0.830. The van der Waals surface area contributed by atoms with E-state index in [1.54, 1.807) is 6.08 Å². The van der Waals surface area contributed by atoms with E-state index in [1.165, 1.54) is 0 Å². The molecular weight excluding hydrogens is 176 g/mol. The zero-order valence-corrected chi connectivity index (χ0v) is 9.34. The minimum atomic E-state index is -0.0621. The van der Waals surface area contributed by atoms with Gasteiger partial charge >= 0.3 is 0 Å². The Morgan fingerprint density at radius 1 is 1.57 bits per heavy atom. The zero-order valence-electron chi connectivity index (χ0n) is 9.34. The van der Waals surface area contributed by atoms with Crippen LogP contribution in [0.15, 0.2) is 12.2 Å². The number of piperazine rings is 1. The van der Waals surface area contributed by atoms with Crippen molar-refractivity contribution < 1.29 is 4.79 Å². The van der Waals surface area contributed by atoms with E-state index in [9.17, 15) is 4.79 Å². The summed E-state index contributed by atoms with van der Waals surface area (Å²) in [6.45, 7) is 8.80. The molecule has 3 heteroatoms. The van der Waals surface area contributed by atoms with Gasteiger partial charge in [0.1, 0.15) is 0 Å². The maximum Gasteiger partial charge on any atom is 0.246 e. The van der Waals surface area contributed by atoms with Gasteiger partial charge in [-0.15, -0.1) is 0 Å². The number of nitrogens with zero attached hydrogens (tertiary/aromatic N) is 1. The average Bonchev–Trinajstić information content (AvgIpc) is 2.13. The van der Waals surface area contributed by atoms with E-state index in [4.69, 9.17) is 0 Å². The molecule has 0 aromatic rings. The zero-order chi connectivity index (χ0) is 10.6. The molecule has 80 valence electrons. The summed E-state index contributed by atoms with van der Waals surface area (Å²) in [6.07, 6.45) is 4.52. The van der Waals surface area contributed by atoms with Crippen LogP contribution in [0, 0.1) is 0 Å².